The zero-order valence-electron chi connectivity index (χ0n) is 18.8. The van der Waals surface area contributed by atoms with E-state index in [4.69, 9.17) is 0 Å². The fourth-order valence-corrected chi connectivity index (χ4v) is 3.87. The van der Waals surface area contributed by atoms with Gasteiger partial charge in [0.15, 0.2) is 0 Å². The van der Waals surface area contributed by atoms with E-state index in [2.05, 4.69) is 59.9 Å². The molecule has 1 aromatic carbocycles. The molecule has 0 aliphatic rings. The first-order valence-corrected chi connectivity index (χ1v) is 11.8. The van der Waals surface area contributed by atoms with E-state index < -0.39 is 0 Å². The summed E-state index contributed by atoms with van der Waals surface area (Å²) in [5.41, 5.74) is 4.75. The minimum absolute atomic E-state index is 1.05. The molecular weight excluding hydrogens is 344 g/mol. The Morgan fingerprint density at radius 1 is 0.750 bits per heavy atom. The summed E-state index contributed by atoms with van der Waals surface area (Å²) in [6.07, 6.45) is 15.9. The smallest absolute Gasteiger partial charge is 0.118 e. The van der Waals surface area contributed by atoms with E-state index in [9.17, 15) is 0 Å². The van der Waals surface area contributed by atoms with Crippen LogP contribution in [0.2, 0.25) is 0 Å². The molecule has 1 aromatic heterocycles. The van der Waals surface area contributed by atoms with Crippen molar-refractivity contribution < 1.29 is 0 Å². The molecule has 0 unspecified atom stereocenters. The second-order valence-corrected chi connectivity index (χ2v) is 8.34. The Labute approximate surface area is 172 Å². The van der Waals surface area contributed by atoms with Crippen LogP contribution in [0.4, 0.5) is 0 Å². The molecule has 0 bridgehead atoms. The lowest BCUT2D eigenvalue weighted by atomic mass is 10.1. The van der Waals surface area contributed by atoms with Gasteiger partial charge >= 0.3 is 0 Å². The predicted molar refractivity (Wildman–Crippen MR) is 122 cm³/mol. The summed E-state index contributed by atoms with van der Waals surface area (Å²) >= 11 is 0. The lowest BCUT2D eigenvalue weighted by Gasteiger charge is -2.25. The topological polar surface area (TPSA) is 34.0 Å². The second kappa shape index (κ2) is 12.8. The molecule has 0 radical (unpaired) electrons. The molecule has 2 aromatic rings. The van der Waals surface area contributed by atoms with Crippen LogP contribution >= 0.6 is 0 Å². The largest absolute Gasteiger partial charge is 0.295 e. The van der Waals surface area contributed by atoms with Crippen molar-refractivity contribution in [2.75, 3.05) is 18.1 Å². The average molecular weight is 387 g/mol. The number of aryl methyl sites for hydroxylation is 2. The van der Waals surface area contributed by atoms with Gasteiger partial charge in [-0.2, -0.15) is 4.79 Å². The highest BCUT2D eigenvalue weighted by Gasteiger charge is 2.14. The number of benzene rings is 1. The van der Waals surface area contributed by atoms with Gasteiger partial charge in [0.1, 0.15) is 11.0 Å². The molecule has 1 heterocycles. The third kappa shape index (κ3) is 6.79. The predicted octanol–water partition coefficient (Wildman–Crippen LogP) is 6.71. The van der Waals surface area contributed by atoms with Crippen molar-refractivity contribution in [3.63, 3.8) is 0 Å². The molecule has 0 saturated carbocycles. The Morgan fingerprint density at radius 3 is 1.86 bits per heavy atom. The molecule has 0 aliphatic carbocycles. The van der Waals surface area contributed by atoms with Gasteiger partial charge in [0.2, 0.25) is 0 Å². The summed E-state index contributed by atoms with van der Waals surface area (Å²) in [4.78, 5) is 2.08. The van der Waals surface area contributed by atoms with E-state index in [0.717, 1.165) is 24.1 Å². The second-order valence-electron chi connectivity index (χ2n) is 8.34. The molecule has 0 spiro atoms. The molecule has 0 saturated heterocycles. The highest BCUT2D eigenvalue weighted by Crippen LogP contribution is 2.20. The Kier molecular flexibility index (Phi) is 10.4. The summed E-state index contributed by atoms with van der Waals surface area (Å²) in [6.45, 7) is 11.0. The van der Waals surface area contributed by atoms with Gasteiger partial charge in [0, 0.05) is 13.1 Å². The fraction of sp³-hybridized carbons (Fsp3) is 0.750. The summed E-state index contributed by atoms with van der Waals surface area (Å²) < 4.78 is 0. The first-order chi connectivity index (χ1) is 13.7. The molecule has 0 amide bonds. The summed E-state index contributed by atoms with van der Waals surface area (Å²) in [5.74, 6) is 0. The van der Waals surface area contributed by atoms with E-state index in [1.165, 1.54) is 88.2 Å². The van der Waals surface area contributed by atoms with Gasteiger partial charge < -0.3 is 0 Å². The van der Waals surface area contributed by atoms with Crippen molar-refractivity contribution in [3.8, 4) is 0 Å². The molecule has 2 rings (SSSR count). The highest BCUT2D eigenvalue weighted by molar-refractivity contribution is 5.79. The molecule has 28 heavy (non-hydrogen) atoms. The number of hydrogen-bond donors (Lipinski definition) is 0. The summed E-state index contributed by atoms with van der Waals surface area (Å²) in [7, 11) is 0. The molecule has 0 atom stereocenters. The van der Waals surface area contributed by atoms with Crippen molar-refractivity contribution in [2.45, 2.75) is 105 Å². The summed E-state index contributed by atoms with van der Waals surface area (Å²) in [5, 5.41) is 11.5. The molecule has 4 heteroatoms. The van der Waals surface area contributed by atoms with Crippen molar-refractivity contribution in [3.05, 3.63) is 23.3 Å². The van der Waals surface area contributed by atoms with Crippen LogP contribution in [0.25, 0.3) is 11.0 Å². The van der Waals surface area contributed by atoms with Crippen LogP contribution in [0.5, 0.6) is 0 Å². The number of aromatic nitrogens is 3. The third-order valence-corrected chi connectivity index (χ3v) is 5.93. The molecule has 0 aliphatic heterocycles. The number of rotatable bonds is 15. The summed E-state index contributed by atoms with van der Waals surface area (Å²) in [6, 6.07) is 4.39. The minimum atomic E-state index is 1.05. The maximum Gasteiger partial charge on any atom is 0.118 e. The highest BCUT2D eigenvalue weighted by atomic mass is 15.7. The standard InChI is InChI=1S/C24H42N4/c1-5-7-9-11-13-15-19-27(20-16-14-12-10-8-6-2)28-23-18-17-21(3)22(4)24(23)25-26-28/h17-18H,5-16,19-20H2,1-4H3. The van der Waals surface area contributed by atoms with Gasteiger partial charge in [0.25, 0.3) is 0 Å². The third-order valence-electron chi connectivity index (χ3n) is 5.93. The van der Waals surface area contributed by atoms with Gasteiger partial charge in [0.05, 0.1) is 0 Å². The maximum atomic E-state index is 4.55. The first-order valence-electron chi connectivity index (χ1n) is 11.8. The molecular formula is C24H42N4. The SMILES string of the molecule is CCCCCCCCN(CCCCCCCC)n1nnc2c(C)c(C)ccc21. The van der Waals surface area contributed by atoms with Crippen LogP contribution in [-0.4, -0.2) is 28.2 Å². The quantitative estimate of drug-likeness (QED) is 0.319. The van der Waals surface area contributed by atoms with Crippen LogP contribution in [0.3, 0.4) is 0 Å². The Morgan fingerprint density at radius 2 is 1.29 bits per heavy atom. The number of fused-ring (bicyclic) bond motifs is 1. The minimum Gasteiger partial charge on any atom is -0.295 e. The molecule has 0 N–H and O–H groups in total. The van der Waals surface area contributed by atoms with Crippen molar-refractivity contribution in [1.29, 1.82) is 0 Å². The lowest BCUT2D eigenvalue weighted by Crippen LogP contribution is -2.37. The Hall–Kier alpha value is -1.58. The van der Waals surface area contributed by atoms with Crippen molar-refractivity contribution >= 4 is 11.0 Å². The molecule has 0 fully saturated rings. The van der Waals surface area contributed by atoms with E-state index in [0.29, 0.717) is 0 Å². The van der Waals surface area contributed by atoms with Gasteiger partial charge in [-0.25, -0.2) is 0 Å². The first kappa shape index (κ1) is 22.7. The zero-order valence-corrected chi connectivity index (χ0v) is 18.8. The number of hydrogen-bond acceptors (Lipinski definition) is 3. The van der Waals surface area contributed by atoms with Gasteiger partial charge in [-0.1, -0.05) is 84.1 Å². The average Bonchev–Trinajstić information content (AvgIpc) is 3.13. The van der Waals surface area contributed by atoms with Gasteiger partial charge in [-0.3, -0.25) is 5.01 Å². The van der Waals surface area contributed by atoms with E-state index in [1.807, 2.05) is 0 Å². The maximum absolute atomic E-state index is 4.55. The van der Waals surface area contributed by atoms with Gasteiger partial charge in [-0.05, 0) is 49.1 Å². The molecule has 158 valence electrons. The molecule has 4 nitrogen and oxygen atoms in total. The van der Waals surface area contributed by atoms with Crippen LogP contribution in [0.1, 0.15) is 102 Å². The normalized spacial score (nSPS) is 11.4. The van der Waals surface area contributed by atoms with E-state index in [1.54, 1.807) is 0 Å². The van der Waals surface area contributed by atoms with E-state index in [-0.39, 0.29) is 0 Å². The Bertz CT molecular complexity index is 661. The van der Waals surface area contributed by atoms with Crippen LogP contribution < -0.4 is 5.01 Å². The van der Waals surface area contributed by atoms with Crippen LogP contribution in [0.15, 0.2) is 12.1 Å². The van der Waals surface area contributed by atoms with Crippen LogP contribution in [-0.2, 0) is 0 Å². The fourth-order valence-electron chi connectivity index (χ4n) is 3.87. The monoisotopic (exact) mass is 386 g/mol. The lowest BCUT2D eigenvalue weighted by molar-refractivity contribution is 0.479. The van der Waals surface area contributed by atoms with E-state index >= 15 is 0 Å². The van der Waals surface area contributed by atoms with Crippen molar-refractivity contribution in [1.82, 2.24) is 15.1 Å². The van der Waals surface area contributed by atoms with Crippen molar-refractivity contribution in [2.24, 2.45) is 0 Å². The Balaban J connectivity index is 1.98. The van der Waals surface area contributed by atoms with Crippen LogP contribution in [0, 0.1) is 13.8 Å². The zero-order chi connectivity index (χ0) is 20.2. The number of nitrogens with zero attached hydrogens (tertiary/aromatic N) is 4. The van der Waals surface area contributed by atoms with Gasteiger partial charge in [-0.15, -0.1) is 5.10 Å². The number of unbranched alkanes of at least 4 members (excludes halogenated alkanes) is 10.